The lowest BCUT2D eigenvalue weighted by Gasteiger charge is -2.44. The summed E-state index contributed by atoms with van der Waals surface area (Å²) in [7, 11) is 0. The van der Waals surface area contributed by atoms with Gasteiger partial charge in [0.2, 0.25) is 0 Å². The van der Waals surface area contributed by atoms with Gasteiger partial charge in [0.15, 0.2) is 0 Å². The van der Waals surface area contributed by atoms with Gasteiger partial charge in [-0.2, -0.15) is 11.8 Å². The zero-order valence-corrected chi connectivity index (χ0v) is 15.8. The number of likely N-dealkylation sites (tertiary alicyclic amines) is 1. The number of rotatable bonds is 6. The molecule has 0 amide bonds. The van der Waals surface area contributed by atoms with E-state index in [4.69, 9.17) is 0 Å². The Morgan fingerprint density at radius 3 is 2.16 bits per heavy atom. The van der Waals surface area contributed by atoms with E-state index in [0.717, 1.165) is 17.1 Å². The fourth-order valence-corrected chi connectivity index (χ4v) is 4.82. The van der Waals surface area contributed by atoms with E-state index in [1.165, 1.54) is 54.7 Å². The minimum atomic E-state index is 0.778. The molecule has 2 fully saturated rings. The van der Waals surface area contributed by atoms with Crippen LogP contribution in [0.5, 0.6) is 0 Å². The first-order valence-corrected chi connectivity index (χ1v) is 10.6. The van der Waals surface area contributed by atoms with Gasteiger partial charge in [0.05, 0.1) is 0 Å². The molecule has 2 aliphatic rings. The molecule has 1 nitrogen and oxygen atoms in total. The Morgan fingerprint density at radius 1 is 1.00 bits per heavy atom. The van der Waals surface area contributed by atoms with Crippen molar-refractivity contribution in [2.45, 2.75) is 24.0 Å². The first kappa shape index (κ1) is 16.9. The van der Waals surface area contributed by atoms with Crippen LogP contribution in [0.25, 0.3) is 17.2 Å². The molecule has 0 bridgehead atoms. The molecule has 0 N–H and O–H groups in total. The molecule has 1 saturated carbocycles. The third-order valence-electron chi connectivity index (χ3n) is 5.87. The van der Waals surface area contributed by atoms with Crippen molar-refractivity contribution >= 4 is 17.8 Å². The Morgan fingerprint density at radius 2 is 1.60 bits per heavy atom. The first-order chi connectivity index (χ1) is 12.2. The van der Waals surface area contributed by atoms with Gasteiger partial charge >= 0.3 is 0 Å². The van der Waals surface area contributed by atoms with Gasteiger partial charge in [0.1, 0.15) is 0 Å². The minimum absolute atomic E-state index is 0.778. The van der Waals surface area contributed by atoms with Crippen molar-refractivity contribution in [3.05, 3.63) is 66.2 Å². The van der Waals surface area contributed by atoms with E-state index in [1.54, 1.807) is 0 Å². The number of hydrogen-bond donors (Lipinski definition) is 0. The zero-order chi connectivity index (χ0) is 17.2. The fourth-order valence-electron chi connectivity index (χ4n) is 4.10. The molecule has 130 valence electrons. The molecule has 2 aromatic rings. The normalized spacial score (nSPS) is 23.7. The Hall–Kier alpha value is -1.51. The minimum Gasteiger partial charge on any atom is -0.301 e. The predicted octanol–water partition coefficient (Wildman–Crippen LogP) is 5.54. The summed E-state index contributed by atoms with van der Waals surface area (Å²) in [4.78, 5) is 2.64. The lowest BCUT2D eigenvalue weighted by molar-refractivity contribution is 0.115. The van der Waals surface area contributed by atoms with E-state index in [9.17, 15) is 0 Å². The van der Waals surface area contributed by atoms with Crippen LogP contribution < -0.4 is 0 Å². The molecule has 0 spiro atoms. The third kappa shape index (κ3) is 3.70. The summed E-state index contributed by atoms with van der Waals surface area (Å²) < 4.78 is 0. The average molecular weight is 350 g/mol. The van der Waals surface area contributed by atoms with Gasteiger partial charge in [0.25, 0.3) is 0 Å². The van der Waals surface area contributed by atoms with Crippen LogP contribution in [0.15, 0.2) is 55.1 Å². The summed E-state index contributed by atoms with van der Waals surface area (Å²) in [6.45, 7) is 7.75. The summed E-state index contributed by atoms with van der Waals surface area (Å²) in [5.41, 5.74) is 5.28. The van der Waals surface area contributed by atoms with Crippen molar-refractivity contribution < 1.29 is 0 Å². The summed E-state index contributed by atoms with van der Waals surface area (Å²) in [6, 6.07) is 17.9. The molecule has 1 aliphatic heterocycles. The second-order valence-electron chi connectivity index (χ2n) is 7.56. The van der Waals surface area contributed by atoms with Crippen LogP contribution in [-0.4, -0.2) is 36.0 Å². The topological polar surface area (TPSA) is 3.24 Å². The molecule has 0 unspecified atom stereocenters. The summed E-state index contributed by atoms with van der Waals surface area (Å²) in [5.74, 6) is 1.69. The molecule has 0 radical (unpaired) electrons. The fraction of sp³-hybridized carbons (Fsp3) is 0.391. The quantitative estimate of drug-likeness (QED) is 0.674. The number of benzene rings is 2. The Balaban J connectivity index is 1.30. The molecule has 4 rings (SSSR count). The van der Waals surface area contributed by atoms with Crippen molar-refractivity contribution in [2.24, 2.45) is 5.92 Å². The summed E-state index contributed by atoms with van der Waals surface area (Å²) in [5, 5.41) is 0.893. The monoisotopic (exact) mass is 349 g/mol. The zero-order valence-electron chi connectivity index (χ0n) is 15.0. The van der Waals surface area contributed by atoms with Crippen molar-refractivity contribution in [3.8, 4) is 11.1 Å². The van der Waals surface area contributed by atoms with Crippen LogP contribution in [0, 0.1) is 5.92 Å². The van der Waals surface area contributed by atoms with Crippen LogP contribution in [0.4, 0.5) is 0 Å². The summed E-state index contributed by atoms with van der Waals surface area (Å²) in [6.07, 6.45) is 6.86. The summed E-state index contributed by atoms with van der Waals surface area (Å²) >= 11 is 2.02. The van der Waals surface area contributed by atoms with Crippen molar-refractivity contribution in [3.63, 3.8) is 0 Å². The Bertz CT molecular complexity index is 707. The first-order valence-electron chi connectivity index (χ1n) is 9.33. The lowest BCUT2D eigenvalue weighted by Crippen LogP contribution is -2.51. The Labute approximate surface area is 156 Å². The van der Waals surface area contributed by atoms with Gasteiger partial charge in [-0.15, -0.1) is 0 Å². The maximum Gasteiger partial charge on any atom is 0.0299 e. The highest BCUT2D eigenvalue weighted by molar-refractivity contribution is 7.99. The molecule has 25 heavy (non-hydrogen) atoms. The molecular weight excluding hydrogens is 322 g/mol. The van der Waals surface area contributed by atoms with Crippen molar-refractivity contribution in [2.75, 3.05) is 25.9 Å². The molecule has 1 aliphatic carbocycles. The second-order valence-corrected chi connectivity index (χ2v) is 8.70. The van der Waals surface area contributed by atoms with E-state index >= 15 is 0 Å². The molecule has 1 saturated heterocycles. The molecular formula is C23H27NS. The van der Waals surface area contributed by atoms with E-state index in [1.807, 2.05) is 17.8 Å². The average Bonchev–Trinajstić information content (AvgIpc) is 2.59. The van der Waals surface area contributed by atoms with Crippen molar-refractivity contribution in [1.82, 2.24) is 4.90 Å². The van der Waals surface area contributed by atoms with Gasteiger partial charge in [0, 0.05) is 24.9 Å². The second kappa shape index (κ2) is 7.39. The van der Waals surface area contributed by atoms with Gasteiger partial charge in [-0.25, -0.2) is 0 Å². The van der Waals surface area contributed by atoms with E-state index in [2.05, 4.69) is 66.3 Å². The molecule has 0 aromatic heterocycles. The van der Waals surface area contributed by atoms with Gasteiger partial charge < -0.3 is 4.90 Å². The maximum atomic E-state index is 3.82. The van der Waals surface area contributed by atoms with Crippen LogP contribution in [0.2, 0.25) is 0 Å². The number of nitrogens with zero attached hydrogens (tertiary/aromatic N) is 1. The van der Waals surface area contributed by atoms with E-state index in [-0.39, 0.29) is 0 Å². The molecule has 1 heterocycles. The van der Waals surface area contributed by atoms with Crippen LogP contribution >= 0.6 is 11.8 Å². The highest BCUT2D eigenvalue weighted by Gasteiger charge is 2.34. The van der Waals surface area contributed by atoms with E-state index < -0.39 is 0 Å². The third-order valence-corrected chi connectivity index (χ3v) is 6.84. The SMILES string of the molecule is C=Cc1ccc(-c2ccc(C3CC(CN4CC(SC)C4)C3)cc2)cc1. The lowest BCUT2D eigenvalue weighted by atomic mass is 9.71. The molecule has 0 atom stereocenters. The highest BCUT2D eigenvalue weighted by Crippen LogP contribution is 2.43. The molecule has 2 heteroatoms. The van der Waals surface area contributed by atoms with E-state index in [0.29, 0.717) is 0 Å². The van der Waals surface area contributed by atoms with Crippen LogP contribution in [-0.2, 0) is 0 Å². The van der Waals surface area contributed by atoms with Gasteiger partial charge in [-0.3, -0.25) is 0 Å². The predicted molar refractivity (Wildman–Crippen MR) is 111 cm³/mol. The smallest absolute Gasteiger partial charge is 0.0299 e. The maximum absolute atomic E-state index is 3.82. The standard InChI is InChI=1S/C23H27NS/c1-3-17-4-6-19(7-5-17)20-8-10-21(11-9-20)22-12-18(13-22)14-24-15-23(16-24)25-2/h3-11,18,22-23H,1,12-16H2,2H3. The van der Waals surface area contributed by atoms with Crippen LogP contribution in [0.1, 0.15) is 29.9 Å². The molecule has 2 aromatic carbocycles. The highest BCUT2D eigenvalue weighted by atomic mass is 32.2. The number of thioether (sulfide) groups is 1. The number of hydrogen-bond acceptors (Lipinski definition) is 2. The Kier molecular flexibility index (Phi) is 5.00. The van der Waals surface area contributed by atoms with Gasteiger partial charge in [-0.1, -0.05) is 61.2 Å². The largest absolute Gasteiger partial charge is 0.301 e. The van der Waals surface area contributed by atoms with Crippen LogP contribution in [0.3, 0.4) is 0 Å². The van der Waals surface area contributed by atoms with Gasteiger partial charge in [-0.05, 0) is 53.2 Å². The van der Waals surface area contributed by atoms with Crippen molar-refractivity contribution in [1.29, 1.82) is 0 Å².